The van der Waals surface area contributed by atoms with Crippen molar-refractivity contribution in [3.05, 3.63) is 66.0 Å². The third-order valence-electron chi connectivity index (χ3n) is 5.11. The van der Waals surface area contributed by atoms with E-state index in [2.05, 4.69) is 5.32 Å². The van der Waals surface area contributed by atoms with Gasteiger partial charge in [0.15, 0.2) is 0 Å². The molecule has 0 aliphatic carbocycles. The van der Waals surface area contributed by atoms with Crippen molar-refractivity contribution in [2.75, 3.05) is 30.2 Å². The van der Waals surface area contributed by atoms with E-state index in [0.29, 0.717) is 13.0 Å². The lowest BCUT2D eigenvalue weighted by Gasteiger charge is -2.31. The first-order chi connectivity index (χ1) is 15.5. The summed E-state index contributed by atoms with van der Waals surface area (Å²) in [6.45, 7) is 5.69. The zero-order chi connectivity index (χ0) is 24.6. The monoisotopic (exact) mass is 477 g/mol. The fourth-order valence-electron chi connectivity index (χ4n) is 3.27. The highest BCUT2D eigenvalue weighted by atomic mass is 32.2. The third-order valence-corrected chi connectivity index (χ3v) is 6.25. The van der Waals surface area contributed by atoms with Gasteiger partial charge in [0.1, 0.15) is 18.4 Å². The smallest absolute Gasteiger partial charge is 0.244 e. The van der Waals surface area contributed by atoms with Crippen LogP contribution < -0.4 is 9.62 Å². The highest BCUT2D eigenvalue weighted by molar-refractivity contribution is 7.92. The summed E-state index contributed by atoms with van der Waals surface area (Å²) in [4.78, 5) is 27.4. The second-order valence-corrected chi connectivity index (χ2v) is 10.3. The van der Waals surface area contributed by atoms with Crippen LogP contribution in [0.2, 0.25) is 0 Å². The van der Waals surface area contributed by atoms with Crippen LogP contribution in [-0.4, -0.2) is 57.1 Å². The van der Waals surface area contributed by atoms with E-state index in [-0.39, 0.29) is 24.1 Å². The normalized spacial score (nSPS) is 12.3. The number of sulfonamides is 1. The van der Waals surface area contributed by atoms with Crippen LogP contribution in [0.4, 0.5) is 10.1 Å². The molecule has 1 atom stereocenters. The Balaban J connectivity index is 2.28. The summed E-state index contributed by atoms with van der Waals surface area (Å²) >= 11 is 0. The average Bonchev–Trinajstić information content (AvgIpc) is 2.75. The van der Waals surface area contributed by atoms with Crippen LogP contribution in [0, 0.1) is 11.7 Å². The van der Waals surface area contributed by atoms with Crippen molar-refractivity contribution >= 4 is 27.5 Å². The van der Waals surface area contributed by atoms with E-state index in [4.69, 9.17) is 0 Å². The molecule has 0 saturated carbocycles. The van der Waals surface area contributed by atoms with Crippen LogP contribution in [0.5, 0.6) is 0 Å². The number of carbonyl (C=O) groups excluding carboxylic acids is 2. The van der Waals surface area contributed by atoms with Crippen molar-refractivity contribution in [2.45, 2.75) is 33.2 Å². The molecule has 0 bridgehead atoms. The van der Waals surface area contributed by atoms with Crippen LogP contribution in [-0.2, 0) is 26.0 Å². The Bertz CT molecular complexity index is 1040. The minimum absolute atomic E-state index is 0.0470. The summed E-state index contributed by atoms with van der Waals surface area (Å²) in [6, 6.07) is 13.7. The zero-order valence-electron chi connectivity index (χ0n) is 19.5. The van der Waals surface area contributed by atoms with Gasteiger partial charge in [-0.05, 0) is 43.0 Å². The molecule has 0 spiro atoms. The first-order valence-corrected chi connectivity index (χ1v) is 12.7. The van der Waals surface area contributed by atoms with Crippen LogP contribution in [0.15, 0.2) is 54.6 Å². The number of anilines is 1. The average molecular weight is 478 g/mol. The summed E-state index contributed by atoms with van der Waals surface area (Å²) in [7, 11) is -3.88. The van der Waals surface area contributed by atoms with Crippen LogP contribution >= 0.6 is 0 Å². The summed E-state index contributed by atoms with van der Waals surface area (Å²) in [6.07, 6.45) is 1.45. The van der Waals surface area contributed by atoms with E-state index in [9.17, 15) is 22.4 Å². The van der Waals surface area contributed by atoms with Crippen molar-refractivity contribution in [1.29, 1.82) is 0 Å². The van der Waals surface area contributed by atoms with Gasteiger partial charge in [0.2, 0.25) is 21.8 Å². The molecule has 0 heterocycles. The Morgan fingerprint density at radius 2 is 1.70 bits per heavy atom. The molecule has 180 valence electrons. The topological polar surface area (TPSA) is 86.8 Å². The first kappa shape index (κ1) is 26.3. The molecule has 33 heavy (non-hydrogen) atoms. The maximum absolute atomic E-state index is 13.7. The molecule has 2 amide bonds. The number of rotatable bonds is 11. The highest BCUT2D eigenvalue weighted by Crippen LogP contribution is 2.19. The van der Waals surface area contributed by atoms with Crippen LogP contribution in [0.3, 0.4) is 0 Å². The van der Waals surface area contributed by atoms with E-state index >= 15 is 0 Å². The first-order valence-electron chi connectivity index (χ1n) is 10.8. The number of amides is 2. The number of hydrogen-bond acceptors (Lipinski definition) is 4. The molecule has 2 aromatic carbocycles. The SMILES string of the molecule is CC(C)CNC(=O)C(C)N(CCc1ccccc1)C(=O)CN(c1cccc(F)c1)S(C)(=O)=O. The lowest BCUT2D eigenvalue weighted by Crippen LogP contribution is -2.52. The molecule has 9 heteroatoms. The van der Waals surface area contributed by atoms with Gasteiger partial charge in [0, 0.05) is 13.1 Å². The molecular weight excluding hydrogens is 445 g/mol. The second kappa shape index (κ2) is 11.8. The molecule has 0 fully saturated rings. The van der Waals surface area contributed by atoms with Crippen molar-refractivity contribution in [1.82, 2.24) is 10.2 Å². The van der Waals surface area contributed by atoms with Crippen molar-refractivity contribution < 1.29 is 22.4 Å². The van der Waals surface area contributed by atoms with Gasteiger partial charge in [-0.1, -0.05) is 50.2 Å². The van der Waals surface area contributed by atoms with E-state index < -0.39 is 34.3 Å². The molecular formula is C24H32FN3O4S. The maximum atomic E-state index is 13.7. The predicted molar refractivity (Wildman–Crippen MR) is 128 cm³/mol. The molecule has 0 aliphatic rings. The summed E-state index contributed by atoms with van der Waals surface area (Å²) in [5.41, 5.74) is 1.03. The molecule has 2 rings (SSSR count). The number of carbonyl (C=O) groups is 2. The van der Waals surface area contributed by atoms with Gasteiger partial charge in [-0.2, -0.15) is 0 Å². The summed E-state index contributed by atoms with van der Waals surface area (Å²) in [5, 5.41) is 2.82. The maximum Gasteiger partial charge on any atom is 0.244 e. The Morgan fingerprint density at radius 3 is 2.27 bits per heavy atom. The van der Waals surface area contributed by atoms with Crippen molar-refractivity contribution in [2.24, 2.45) is 5.92 Å². The van der Waals surface area contributed by atoms with Crippen molar-refractivity contribution in [3.8, 4) is 0 Å². The van der Waals surface area contributed by atoms with Crippen LogP contribution in [0.25, 0.3) is 0 Å². The molecule has 0 aromatic heterocycles. The van der Waals surface area contributed by atoms with Gasteiger partial charge in [-0.15, -0.1) is 0 Å². The number of nitrogens with zero attached hydrogens (tertiary/aromatic N) is 2. The van der Waals surface area contributed by atoms with Gasteiger partial charge in [-0.3, -0.25) is 13.9 Å². The minimum Gasteiger partial charge on any atom is -0.354 e. The molecule has 0 radical (unpaired) electrons. The molecule has 1 unspecified atom stereocenters. The second-order valence-electron chi connectivity index (χ2n) is 8.39. The lowest BCUT2D eigenvalue weighted by atomic mass is 10.1. The fourth-order valence-corrected chi connectivity index (χ4v) is 4.11. The van der Waals surface area contributed by atoms with E-state index in [0.717, 1.165) is 22.2 Å². The van der Waals surface area contributed by atoms with Gasteiger partial charge in [0.05, 0.1) is 11.9 Å². The van der Waals surface area contributed by atoms with Crippen LogP contribution in [0.1, 0.15) is 26.3 Å². The summed E-state index contributed by atoms with van der Waals surface area (Å²) < 4.78 is 39.4. The number of nitrogens with one attached hydrogen (secondary N) is 1. The van der Waals surface area contributed by atoms with E-state index in [1.54, 1.807) is 6.92 Å². The molecule has 1 N–H and O–H groups in total. The molecule has 2 aromatic rings. The summed E-state index contributed by atoms with van der Waals surface area (Å²) in [5.74, 6) is -1.24. The largest absolute Gasteiger partial charge is 0.354 e. The van der Waals surface area contributed by atoms with Crippen molar-refractivity contribution in [3.63, 3.8) is 0 Å². The van der Waals surface area contributed by atoms with Gasteiger partial charge < -0.3 is 10.2 Å². The molecule has 0 aliphatic heterocycles. The quantitative estimate of drug-likeness (QED) is 0.539. The minimum atomic E-state index is -3.88. The fraction of sp³-hybridized carbons (Fsp3) is 0.417. The third kappa shape index (κ3) is 8.16. The van der Waals surface area contributed by atoms with Gasteiger partial charge >= 0.3 is 0 Å². The Morgan fingerprint density at radius 1 is 1.03 bits per heavy atom. The predicted octanol–water partition coefficient (Wildman–Crippen LogP) is 2.82. The van der Waals surface area contributed by atoms with Gasteiger partial charge in [-0.25, -0.2) is 12.8 Å². The standard InChI is InChI=1S/C24H32FN3O4S/c1-18(2)16-26-24(30)19(3)27(14-13-20-9-6-5-7-10-20)23(29)17-28(33(4,31)32)22-12-8-11-21(25)15-22/h5-12,15,18-19H,13-14,16-17H2,1-4H3,(H,26,30). The van der Waals surface area contributed by atoms with E-state index in [1.165, 1.54) is 23.1 Å². The number of hydrogen-bond donors (Lipinski definition) is 1. The van der Waals surface area contributed by atoms with Gasteiger partial charge in [0.25, 0.3) is 0 Å². The highest BCUT2D eigenvalue weighted by Gasteiger charge is 2.29. The lowest BCUT2D eigenvalue weighted by molar-refractivity contribution is -0.138. The molecule has 0 saturated heterocycles. The number of benzene rings is 2. The Kier molecular flexibility index (Phi) is 9.40. The van der Waals surface area contributed by atoms with E-state index in [1.807, 2.05) is 44.2 Å². The number of halogens is 1. The Hall–Kier alpha value is -2.94. The molecule has 7 nitrogen and oxygen atoms in total. The Labute approximate surface area is 195 Å². The zero-order valence-corrected chi connectivity index (χ0v) is 20.3.